The van der Waals surface area contributed by atoms with Gasteiger partial charge < -0.3 is 20.3 Å². The summed E-state index contributed by atoms with van der Waals surface area (Å²) in [6, 6.07) is 6.33. The lowest BCUT2D eigenvalue weighted by Gasteiger charge is -2.36. The second kappa shape index (κ2) is 8.51. The molecule has 4 aromatic heterocycles. The van der Waals surface area contributed by atoms with E-state index in [1.807, 2.05) is 18.2 Å². The maximum atomic E-state index is 9.89. The minimum Gasteiger partial charge on any atom is -0.494 e. The van der Waals surface area contributed by atoms with Gasteiger partial charge in [-0.05, 0) is 26.0 Å². The highest BCUT2D eigenvalue weighted by Crippen LogP contribution is 2.30. The molecule has 0 atom stereocenters. The Hall–Kier alpha value is -4.25. The van der Waals surface area contributed by atoms with Crippen LogP contribution in [-0.2, 0) is 0 Å². The Morgan fingerprint density at radius 2 is 1.80 bits per heavy atom. The van der Waals surface area contributed by atoms with Crippen LogP contribution in [0.5, 0.6) is 5.88 Å². The molecule has 0 bridgehead atoms. The summed E-state index contributed by atoms with van der Waals surface area (Å²) in [6.45, 7) is 8.32. The molecule has 11 nitrogen and oxygen atoms in total. The zero-order valence-electron chi connectivity index (χ0n) is 19.5. The summed E-state index contributed by atoms with van der Waals surface area (Å²) >= 11 is 0. The highest BCUT2D eigenvalue weighted by atomic mass is 16.3. The summed E-state index contributed by atoms with van der Waals surface area (Å²) < 4.78 is 1.74. The molecule has 1 aliphatic heterocycles. The molecule has 5 aromatic rings. The van der Waals surface area contributed by atoms with Crippen molar-refractivity contribution in [1.82, 2.24) is 39.4 Å². The molecular weight excluding hydrogens is 444 g/mol. The van der Waals surface area contributed by atoms with E-state index in [2.05, 4.69) is 59.0 Å². The van der Waals surface area contributed by atoms with Crippen molar-refractivity contribution in [3.05, 3.63) is 49.3 Å². The van der Waals surface area contributed by atoms with Crippen molar-refractivity contribution in [2.75, 3.05) is 36.4 Å². The van der Waals surface area contributed by atoms with Gasteiger partial charge in [0.1, 0.15) is 6.33 Å². The van der Waals surface area contributed by atoms with Crippen LogP contribution < -0.4 is 10.2 Å². The Balaban J connectivity index is 1.23. The fraction of sp³-hybridized carbons (Fsp3) is 0.292. The van der Waals surface area contributed by atoms with Crippen molar-refractivity contribution in [2.45, 2.75) is 19.9 Å². The topological polar surface area (TPSA) is 123 Å². The number of aromatic hydroxyl groups is 1. The van der Waals surface area contributed by atoms with Crippen molar-refractivity contribution in [3.8, 4) is 17.1 Å². The molecule has 178 valence electrons. The molecule has 0 radical (unpaired) electrons. The van der Waals surface area contributed by atoms with Crippen LogP contribution >= 0.6 is 0 Å². The Kier molecular flexibility index (Phi) is 5.18. The first-order chi connectivity index (χ1) is 17.1. The highest BCUT2D eigenvalue weighted by molar-refractivity contribution is 5.91. The van der Waals surface area contributed by atoms with Gasteiger partial charge in [-0.25, -0.2) is 24.5 Å². The number of anilines is 3. The van der Waals surface area contributed by atoms with Gasteiger partial charge in [0.15, 0.2) is 17.3 Å². The third-order valence-corrected chi connectivity index (χ3v) is 6.50. The highest BCUT2D eigenvalue weighted by Gasteiger charge is 2.20. The SMILES string of the molecule is CC(C)N1CCN(c2ncc(Nc3ncc(-c4ccc5c(O)[nH]cc5c4)n4ncnc34)cn2)CC1. The monoisotopic (exact) mass is 470 g/mol. The van der Waals surface area contributed by atoms with E-state index in [-0.39, 0.29) is 5.88 Å². The lowest BCUT2D eigenvalue weighted by atomic mass is 10.1. The molecule has 1 aliphatic rings. The number of hydrogen-bond acceptors (Lipinski definition) is 9. The van der Waals surface area contributed by atoms with E-state index >= 15 is 0 Å². The third kappa shape index (κ3) is 3.89. The molecule has 0 amide bonds. The Morgan fingerprint density at radius 1 is 1.00 bits per heavy atom. The van der Waals surface area contributed by atoms with E-state index in [4.69, 9.17) is 0 Å². The summed E-state index contributed by atoms with van der Waals surface area (Å²) in [5, 5.41) is 19.2. The number of hydrogen-bond donors (Lipinski definition) is 3. The molecule has 11 heteroatoms. The number of fused-ring (bicyclic) bond motifs is 2. The van der Waals surface area contributed by atoms with Crippen LogP contribution in [0, 0.1) is 0 Å². The van der Waals surface area contributed by atoms with Crippen LogP contribution in [0.1, 0.15) is 13.8 Å². The Morgan fingerprint density at radius 3 is 2.57 bits per heavy atom. The number of piperazine rings is 1. The van der Waals surface area contributed by atoms with Crippen molar-refractivity contribution in [1.29, 1.82) is 0 Å². The van der Waals surface area contributed by atoms with Gasteiger partial charge in [0.25, 0.3) is 0 Å². The molecule has 0 saturated carbocycles. The van der Waals surface area contributed by atoms with E-state index < -0.39 is 0 Å². The summed E-state index contributed by atoms with van der Waals surface area (Å²) in [7, 11) is 0. The number of H-pyrrole nitrogens is 1. The molecule has 0 spiro atoms. The zero-order chi connectivity index (χ0) is 23.9. The first-order valence-electron chi connectivity index (χ1n) is 11.6. The largest absolute Gasteiger partial charge is 0.494 e. The van der Waals surface area contributed by atoms with Crippen molar-refractivity contribution >= 4 is 33.9 Å². The maximum Gasteiger partial charge on any atom is 0.225 e. The van der Waals surface area contributed by atoms with Crippen LogP contribution in [0.15, 0.2) is 49.3 Å². The van der Waals surface area contributed by atoms with Crippen LogP contribution in [0.2, 0.25) is 0 Å². The van der Waals surface area contributed by atoms with Crippen LogP contribution in [0.3, 0.4) is 0 Å². The smallest absolute Gasteiger partial charge is 0.225 e. The average Bonchev–Trinajstić information content (AvgIpc) is 3.52. The molecular formula is C24H26N10O. The van der Waals surface area contributed by atoms with Crippen LogP contribution in [0.25, 0.3) is 27.7 Å². The maximum absolute atomic E-state index is 9.89. The summed E-state index contributed by atoms with van der Waals surface area (Å²) in [6.07, 6.45) is 8.56. The predicted molar refractivity (Wildman–Crippen MR) is 134 cm³/mol. The summed E-state index contributed by atoms with van der Waals surface area (Å²) in [5.74, 6) is 1.45. The number of rotatable bonds is 5. The molecule has 1 saturated heterocycles. The van der Waals surface area contributed by atoms with Gasteiger partial charge in [-0.2, -0.15) is 5.10 Å². The zero-order valence-corrected chi connectivity index (χ0v) is 19.5. The van der Waals surface area contributed by atoms with E-state index in [9.17, 15) is 5.11 Å². The first kappa shape index (κ1) is 21.3. The molecule has 0 unspecified atom stereocenters. The molecule has 35 heavy (non-hydrogen) atoms. The van der Waals surface area contributed by atoms with Gasteiger partial charge in [0.05, 0.1) is 30.0 Å². The second-order valence-corrected chi connectivity index (χ2v) is 8.94. The minimum absolute atomic E-state index is 0.154. The molecule has 0 aliphatic carbocycles. The van der Waals surface area contributed by atoms with E-state index in [1.54, 1.807) is 29.3 Å². The van der Waals surface area contributed by atoms with Crippen molar-refractivity contribution < 1.29 is 5.11 Å². The molecule has 5 heterocycles. The first-order valence-corrected chi connectivity index (χ1v) is 11.6. The van der Waals surface area contributed by atoms with Crippen molar-refractivity contribution in [2.24, 2.45) is 0 Å². The lowest BCUT2D eigenvalue weighted by molar-refractivity contribution is 0.208. The lowest BCUT2D eigenvalue weighted by Crippen LogP contribution is -2.49. The third-order valence-electron chi connectivity index (χ3n) is 6.50. The number of nitrogens with one attached hydrogen (secondary N) is 2. The quantitative estimate of drug-likeness (QED) is 0.356. The van der Waals surface area contributed by atoms with E-state index in [1.165, 1.54) is 6.33 Å². The number of benzene rings is 1. The number of nitrogens with zero attached hydrogens (tertiary/aromatic N) is 8. The average molecular weight is 471 g/mol. The van der Waals surface area contributed by atoms with Crippen LogP contribution in [0.4, 0.5) is 17.5 Å². The van der Waals surface area contributed by atoms with Gasteiger partial charge in [0, 0.05) is 54.8 Å². The number of aromatic amines is 1. The van der Waals surface area contributed by atoms with Gasteiger partial charge in [-0.15, -0.1) is 0 Å². The van der Waals surface area contributed by atoms with Gasteiger partial charge >= 0.3 is 0 Å². The van der Waals surface area contributed by atoms with Gasteiger partial charge in [-0.3, -0.25) is 4.90 Å². The molecule has 3 N–H and O–H groups in total. The standard InChI is InChI=1S/C24H26N10O/c1-15(2)32-5-7-33(8-6-32)24-27-11-18(12-28-24)31-21-22-29-14-30-34(22)20(13-25-21)16-3-4-19-17(9-16)10-26-23(19)35/h3-4,9-15,26,35H,5-8H2,1-2H3,(H,25,31). The summed E-state index contributed by atoms with van der Waals surface area (Å²) in [5.41, 5.74) is 3.02. The Labute approximate surface area is 201 Å². The molecule has 1 aromatic carbocycles. The van der Waals surface area contributed by atoms with Crippen LogP contribution in [-0.4, -0.2) is 76.8 Å². The number of aromatic nitrogens is 7. The van der Waals surface area contributed by atoms with Gasteiger partial charge in [0.2, 0.25) is 5.95 Å². The van der Waals surface area contributed by atoms with E-state index in [0.717, 1.165) is 59.8 Å². The predicted octanol–water partition coefficient (Wildman–Crippen LogP) is 3.04. The fourth-order valence-electron chi connectivity index (χ4n) is 4.51. The summed E-state index contributed by atoms with van der Waals surface area (Å²) in [4.78, 5) is 25.7. The second-order valence-electron chi connectivity index (χ2n) is 8.94. The van der Waals surface area contributed by atoms with Gasteiger partial charge in [-0.1, -0.05) is 6.07 Å². The normalized spacial score (nSPS) is 14.9. The van der Waals surface area contributed by atoms with E-state index in [0.29, 0.717) is 17.5 Å². The Bertz CT molecular complexity index is 1480. The minimum atomic E-state index is 0.154. The molecule has 6 rings (SSSR count). The van der Waals surface area contributed by atoms with Crippen molar-refractivity contribution in [3.63, 3.8) is 0 Å². The molecule has 1 fully saturated rings. The fourth-order valence-corrected chi connectivity index (χ4v) is 4.51.